The predicted molar refractivity (Wildman–Crippen MR) is 147 cm³/mol. The van der Waals surface area contributed by atoms with Crippen molar-refractivity contribution >= 4 is 22.9 Å². The van der Waals surface area contributed by atoms with Gasteiger partial charge in [0.25, 0.3) is 0 Å². The van der Waals surface area contributed by atoms with Gasteiger partial charge in [-0.3, -0.25) is 4.79 Å². The molecule has 0 spiro atoms. The molecule has 0 fully saturated rings. The monoisotopic (exact) mass is 531 g/mol. The van der Waals surface area contributed by atoms with Crippen LogP contribution in [0.15, 0.2) is 106 Å². The largest absolute Gasteiger partial charge is 0.491 e. The van der Waals surface area contributed by atoms with Crippen molar-refractivity contribution in [3.05, 3.63) is 113 Å². The lowest BCUT2D eigenvalue weighted by molar-refractivity contribution is -0.134. The van der Waals surface area contributed by atoms with Crippen LogP contribution >= 0.6 is 0 Å². The summed E-state index contributed by atoms with van der Waals surface area (Å²) in [6, 6.07) is 24.8. The van der Waals surface area contributed by atoms with Gasteiger partial charge in [-0.1, -0.05) is 60.7 Å². The first-order valence-electron chi connectivity index (χ1n) is 12.1. The molecule has 0 radical (unpaired) electrons. The molecular formula is C30H29NO8. The normalized spacial score (nSPS) is 11.5. The lowest BCUT2D eigenvalue weighted by Gasteiger charge is -2.13. The number of rotatable bonds is 11. The minimum Gasteiger partial charge on any atom is -0.491 e. The van der Waals surface area contributed by atoms with Crippen molar-refractivity contribution in [2.45, 2.75) is 12.5 Å². The Morgan fingerprint density at radius 1 is 0.923 bits per heavy atom. The number of hydrogen-bond donors (Lipinski definition) is 4. The summed E-state index contributed by atoms with van der Waals surface area (Å²) in [6.45, 7) is 1.37. The Hall–Kier alpha value is -4.73. The highest BCUT2D eigenvalue weighted by atomic mass is 16.5. The van der Waals surface area contributed by atoms with E-state index in [1.807, 2.05) is 48.5 Å². The Bertz CT molecular complexity index is 1430. The Labute approximate surface area is 224 Å². The molecule has 1 heterocycles. The highest BCUT2D eigenvalue weighted by Crippen LogP contribution is 2.23. The molecular weight excluding hydrogens is 502 g/mol. The third-order valence-electron chi connectivity index (χ3n) is 5.45. The molecule has 9 heteroatoms. The Kier molecular flexibility index (Phi) is 11.0. The molecule has 4 aromatic rings. The molecule has 0 aliphatic rings. The van der Waals surface area contributed by atoms with Crippen molar-refractivity contribution < 1.29 is 34.1 Å². The molecule has 0 aliphatic carbocycles. The van der Waals surface area contributed by atoms with Gasteiger partial charge in [0.2, 0.25) is 0 Å². The minimum atomic E-state index is -1.26. The fourth-order valence-electron chi connectivity index (χ4n) is 3.56. The van der Waals surface area contributed by atoms with Crippen molar-refractivity contribution in [1.82, 2.24) is 5.32 Å². The van der Waals surface area contributed by atoms with Gasteiger partial charge in [0.1, 0.15) is 30.3 Å². The number of aliphatic hydroxyl groups excluding tert-OH is 1. The van der Waals surface area contributed by atoms with Gasteiger partial charge in [-0.25, -0.2) is 9.59 Å². The van der Waals surface area contributed by atoms with Gasteiger partial charge in [-0.05, 0) is 36.2 Å². The van der Waals surface area contributed by atoms with E-state index in [-0.39, 0.29) is 12.0 Å². The lowest BCUT2D eigenvalue weighted by Crippen LogP contribution is -2.32. The molecule has 0 amide bonds. The van der Waals surface area contributed by atoms with Crippen LogP contribution in [0.2, 0.25) is 0 Å². The number of carboxylic acids is 2. The van der Waals surface area contributed by atoms with E-state index in [9.17, 15) is 19.5 Å². The first-order chi connectivity index (χ1) is 18.8. The van der Waals surface area contributed by atoms with E-state index in [0.29, 0.717) is 41.0 Å². The Morgan fingerprint density at radius 2 is 1.56 bits per heavy atom. The van der Waals surface area contributed by atoms with E-state index < -0.39 is 18.0 Å². The SMILES string of the molecule is O=C(O)C=CC(=O)O.O=c1c(-c2ccccc2)coc2cc(OCC(O)CNCCc3ccccc3)ccc12. The number of carboxylic acid groups (broad SMARTS) is 2. The first-order valence-corrected chi connectivity index (χ1v) is 12.1. The quantitative estimate of drug-likeness (QED) is 0.168. The maximum absolute atomic E-state index is 12.8. The average Bonchev–Trinajstić information content (AvgIpc) is 2.94. The summed E-state index contributed by atoms with van der Waals surface area (Å²) in [7, 11) is 0. The molecule has 4 rings (SSSR count). The maximum atomic E-state index is 12.8. The van der Waals surface area contributed by atoms with Gasteiger partial charge in [0.05, 0.1) is 10.9 Å². The number of fused-ring (bicyclic) bond motifs is 1. The number of aliphatic carboxylic acids is 2. The molecule has 9 nitrogen and oxygen atoms in total. The van der Waals surface area contributed by atoms with Crippen LogP contribution in [0.25, 0.3) is 22.1 Å². The molecule has 0 aliphatic heterocycles. The Balaban J connectivity index is 0.000000459. The van der Waals surface area contributed by atoms with Crippen molar-refractivity contribution in [2.75, 3.05) is 19.7 Å². The molecule has 0 saturated carbocycles. The van der Waals surface area contributed by atoms with Gasteiger partial charge in [-0.2, -0.15) is 0 Å². The number of benzene rings is 3. The highest BCUT2D eigenvalue weighted by molar-refractivity contribution is 5.89. The molecule has 3 aromatic carbocycles. The second kappa shape index (κ2) is 14.9. The maximum Gasteiger partial charge on any atom is 0.328 e. The minimum absolute atomic E-state index is 0.0818. The second-order valence-electron chi connectivity index (χ2n) is 8.42. The molecule has 1 unspecified atom stereocenters. The van der Waals surface area contributed by atoms with E-state index in [1.165, 1.54) is 11.8 Å². The topological polar surface area (TPSA) is 146 Å². The summed E-state index contributed by atoms with van der Waals surface area (Å²) in [6.07, 6.45) is 2.86. The standard InChI is InChI=1S/C26H25NO4.C4H4O4/c28-21(16-27-14-13-19-7-3-1-4-8-19)17-30-22-11-12-23-25(15-22)31-18-24(26(23)29)20-9-5-2-6-10-20;5-3(6)1-2-4(7)8/h1-12,15,18,21,27-28H,13-14,16-17H2;1-2H,(H,5,6)(H,7,8). The van der Waals surface area contributed by atoms with E-state index in [4.69, 9.17) is 19.4 Å². The molecule has 39 heavy (non-hydrogen) atoms. The van der Waals surface area contributed by atoms with Gasteiger partial charge in [0, 0.05) is 24.8 Å². The lowest BCUT2D eigenvalue weighted by atomic mass is 10.1. The Morgan fingerprint density at radius 3 is 2.21 bits per heavy atom. The number of hydrogen-bond acceptors (Lipinski definition) is 7. The van der Waals surface area contributed by atoms with Crippen LogP contribution < -0.4 is 15.5 Å². The third-order valence-corrected chi connectivity index (χ3v) is 5.45. The summed E-state index contributed by atoms with van der Waals surface area (Å²) in [4.78, 5) is 31.9. The molecule has 1 aromatic heterocycles. The summed E-state index contributed by atoms with van der Waals surface area (Å²) < 4.78 is 11.4. The van der Waals surface area contributed by atoms with Crippen LogP contribution in [0, 0.1) is 0 Å². The fourth-order valence-corrected chi connectivity index (χ4v) is 3.56. The molecule has 0 saturated heterocycles. The van der Waals surface area contributed by atoms with Gasteiger partial charge in [-0.15, -0.1) is 0 Å². The molecule has 0 bridgehead atoms. The highest BCUT2D eigenvalue weighted by Gasteiger charge is 2.11. The van der Waals surface area contributed by atoms with Crippen LogP contribution in [-0.2, 0) is 16.0 Å². The van der Waals surface area contributed by atoms with Crippen LogP contribution in [0.1, 0.15) is 5.56 Å². The summed E-state index contributed by atoms with van der Waals surface area (Å²) in [5.74, 6) is -1.97. The van der Waals surface area contributed by atoms with Gasteiger partial charge >= 0.3 is 11.9 Å². The number of carbonyl (C=O) groups is 2. The zero-order valence-corrected chi connectivity index (χ0v) is 21.0. The predicted octanol–water partition coefficient (Wildman–Crippen LogP) is 3.74. The summed E-state index contributed by atoms with van der Waals surface area (Å²) >= 11 is 0. The number of aliphatic hydroxyl groups is 1. The first kappa shape index (κ1) is 28.8. The van der Waals surface area contributed by atoms with E-state index in [0.717, 1.165) is 18.5 Å². The summed E-state index contributed by atoms with van der Waals surface area (Å²) in [5.41, 5.74) is 2.98. The fraction of sp³-hybridized carbons (Fsp3) is 0.167. The zero-order chi connectivity index (χ0) is 28.0. The number of ether oxygens (including phenoxy) is 1. The smallest absolute Gasteiger partial charge is 0.328 e. The average molecular weight is 532 g/mol. The van der Waals surface area contributed by atoms with Crippen molar-refractivity contribution in [3.8, 4) is 16.9 Å². The van der Waals surface area contributed by atoms with E-state index in [2.05, 4.69) is 17.4 Å². The van der Waals surface area contributed by atoms with Crippen LogP contribution in [0.4, 0.5) is 0 Å². The van der Waals surface area contributed by atoms with Crippen LogP contribution in [0.5, 0.6) is 5.75 Å². The van der Waals surface area contributed by atoms with Crippen molar-refractivity contribution in [3.63, 3.8) is 0 Å². The second-order valence-corrected chi connectivity index (χ2v) is 8.42. The molecule has 202 valence electrons. The van der Waals surface area contributed by atoms with Crippen LogP contribution in [-0.4, -0.2) is 53.1 Å². The van der Waals surface area contributed by atoms with Crippen molar-refractivity contribution in [2.24, 2.45) is 0 Å². The van der Waals surface area contributed by atoms with Gasteiger partial charge < -0.3 is 29.8 Å². The summed E-state index contributed by atoms with van der Waals surface area (Å²) in [5, 5.41) is 29.5. The van der Waals surface area contributed by atoms with E-state index >= 15 is 0 Å². The third kappa shape index (κ3) is 9.58. The number of nitrogens with one attached hydrogen (secondary N) is 1. The van der Waals surface area contributed by atoms with E-state index in [1.54, 1.807) is 18.2 Å². The zero-order valence-electron chi connectivity index (χ0n) is 21.0. The van der Waals surface area contributed by atoms with Gasteiger partial charge in [0.15, 0.2) is 5.43 Å². The molecule has 4 N–H and O–H groups in total. The van der Waals surface area contributed by atoms with Crippen molar-refractivity contribution in [1.29, 1.82) is 0 Å². The van der Waals surface area contributed by atoms with Crippen LogP contribution in [0.3, 0.4) is 0 Å². The molecule has 1 atom stereocenters.